The van der Waals surface area contributed by atoms with Crippen LogP contribution in [-0.2, 0) is 30.9 Å². The predicted octanol–water partition coefficient (Wildman–Crippen LogP) is 6.51. The zero-order valence-corrected chi connectivity index (χ0v) is 25.1. The first-order valence-corrected chi connectivity index (χ1v) is 15.7. The van der Waals surface area contributed by atoms with Crippen LogP contribution in [0.2, 0.25) is 0 Å². The lowest BCUT2D eigenvalue weighted by atomic mass is 9.92. The van der Waals surface area contributed by atoms with E-state index in [1.165, 1.54) is 40.1 Å². The summed E-state index contributed by atoms with van der Waals surface area (Å²) in [4.78, 5) is 23.1. The minimum Gasteiger partial charge on any atom is -0.488 e. The van der Waals surface area contributed by atoms with Crippen molar-refractivity contribution in [3.05, 3.63) is 92.9 Å². The molecule has 1 N–H and O–H groups in total. The number of aryl methyl sites for hydroxylation is 1. The number of piperidine rings is 1. The van der Waals surface area contributed by atoms with Crippen LogP contribution in [0, 0.1) is 25.7 Å². The second kappa shape index (κ2) is 12.6. The van der Waals surface area contributed by atoms with E-state index < -0.39 is 0 Å². The van der Waals surface area contributed by atoms with E-state index in [9.17, 15) is 0 Å². The monoisotopic (exact) mass is 582 g/mol. The van der Waals surface area contributed by atoms with Crippen LogP contribution in [0.1, 0.15) is 45.8 Å². The highest BCUT2D eigenvalue weighted by Crippen LogP contribution is 2.45. The van der Waals surface area contributed by atoms with Crippen molar-refractivity contribution in [3.63, 3.8) is 0 Å². The molecule has 2 aromatic carbocycles. The van der Waals surface area contributed by atoms with Crippen molar-refractivity contribution >= 4 is 23.6 Å². The van der Waals surface area contributed by atoms with Gasteiger partial charge in [-0.15, -0.1) is 11.3 Å². The maximum absolute atomic E-state index is 8.36. The van der Waals surface area contributed by atoms with Crippen molar-refractivity contribution < 1.29 is 14.6 Å². The molecule has 42 heavy (non-hydrogen) atoms. The molecular weight excluding hydrogens is 544 g/mol. The molecule has 0 radical (unpaired) electrons. The average molecular weight is 583 g/mol. The lowest BCUT2D eigenvalue weighted by Gasteiger charge is -2.30. The lowest BCUT2D eigenvalue weighted by Crippen LogP contribution is -2.31. The number of para-hydroxylation sites is 1. The van der Waals surface area contributed by atoms with E-state index >= 15 is 0 Å². The van der Waals surface area contributed by atoms with Gasteiger partial charge in [0.1, 0.15) is 23.2 Å². The number of benzene rings is 2. The fourth-order valence-corrected chi connectivity index (χ4v) is 7.22. The molecular formula is C34H38N4O3S. The second-order valence-corrected chi connectivity index (χ2v) is 12.5. The molecule has 1 saturated carbocycles. The summed E-state index contributed by atoms with van der Waals surface area (Å²) in [6.45, 7) is 9.91. The maximum atomic E-state index is 8.36. The number of ether oxygens (including phenoxy) is 1. The Morgan fingerprint density at radius 2 is 1.90 bits per heavy atom. The molecule has 4 heterocycles. The van der Waals surface area contributed by atoms with Gasteiger partial charge in [-0.3, -0.25) is 9.69 Å². The SMILES string of the molecule is Cc1csc(CN2CCc3c(ccc(COc4ccccc4-c4cccc(N5CCC6CC6C5)n4)c3C)C2)n1.O=CO. The van der Waals surface area contributed by atoms with E-state index in [2.05, 4.69) is 88.6 Å². The van der Waals surface area contributed by atoms with Crippen LogP contribution in [0.15, 0.2) is 60.0 Å². The van der Waals surface area contributed by atoms with Crippen LogP contribution in [0.4, 0.5) is 5.82 Å². The molecule has 2 atom stereocenters. The third-order valence-electron chi connectivity index (χ3n) is 8.80. The summed E-state index contributed by atoms with van der Waals surface area (Å²) >= 11 is 1.77. The van der Waals surface area contributed by atoms with Gasteiger partial charge in [0, 0.05) is 42.8 Å². The molecule has 3 aliphatic rings. The fraction of sp³-hybridized carbons (Fsp3) is 0.382. The van der Waals surface area contributed by atoms with Gasteiger partial charge in [0.15, 0.2) is 0 Å². The Morgan fingerprint density at radius 1 is 1.05 bits per heavy atom. The number of hydrogen-bond donors (Lipinski definition) is 1. The number of nitrogens with zero attached hydrogens (tertiary/aromatic N) is 4. The Balaban J connectivity index is 0.00000101. The van der Waals surface area contributed by atoms with E-state index in [1.54, 1.807) is 11.3 Å². The van der Waals surface area contributed by atoms with Crippen LogP contribution in [0.5, 0.6) is 5.75 Å². The normalized spacial score (nSPS) is 19.2. The molecule has 4 aromatic rings. The molecule has 2 fully saturated rings. The van der Waals surface area contributed by atoms with E-state index in [0.29, 0.717) is 6.61 Å². The predicted molar refractivity (Wildman–Crippen MR) is 167 cm³/mol. The molecule has 1 saturated heterocycles. The Morgan fingerprint density at radius 3 is 2.71 bits per heavy atom. The number of fused-ring (bicyclic) bond motifs is 2. The molecule has 0 spiro atoms. The quantitative estimate of drug-likeness (QED) is 0.249. The number of thiazole rings is 1. The Kier molecular flexibility index (Phi) is 8.53. The minimum absolute atomic E-state index is 0.250. The first-order chi connectivity index (χ1) is 20.5. The summed E-state index contributed by atoms with van der Waals surface area (Å²) in [7, 11) is 0. The van der Waals surface area contributed by atoms with Crippen LogP contribution in [0.25, 0.3) is 11.3 Å². The van der Waals surface area contributed by atoms with Gasteiger partial charge in [-0.1, -0.05) is 30.3 Å². The number of carbonyl (C=O) groups is 1. The summed E-state index contributed by atoms with van der Waals surface area (Å²) < 4.78 is 6.49. The number of anilines is 1. The van der Waals surface area contributed by atoms with Crippen molar-refractivity contribution in [1.29, 1.82) is 0 Å². The third-order valence-corrected chi connectivity index (χ3v) is 9.75. The molecule has 2 aliphatic heterocycles. The topological polar surface area (TPSA) is 78.8 Å². The standard InChI is InChI=1S/C33H36N4OS.CH2O2/c1-22-21-39-33(34-22)19-36-14-13-28-23(2)26(11-10-25(28)17-36)20-38-31-8-4-3-6-29(31)30-7-5-9-32(35-30)37-15-12-24-16-27(24)18-37;2-1-3/h3-11,21,24,27H,12-20H2,1-2H3;1H,(H,2,3). The third kappa shape index (κ3) is 6.35. The van der Waals surface area contributed by atoms with Crippen molar-refractivity contribution in [1.82, 2.24) is 14.9 Å². The van der Waals surface area contributed by atoms with Crippen LogP contribution >= 0.6 is 11.3 Å². The van der Waals surface area contributed by atoms with Gasteiger partial charge in [-0.05, 0) is 91.5 Å². The average Bonchev–Trinajstić information content (AvgIpc) is 3.68. The van der Waals surface area contributed by atoms with Crippen LogP contribution < -0.4 is 9.64 Å². The number of hydrogen-bond acceptors (Lipinski definition) is 7. The highest BCUT2D eigenvalue weighted by atomic mass is 32.1. The van der Waals surface area contributed by atoms with Crippen molar-refractivity contribution in [2.45, 2.75) is 52.8 Å². The number of pyridine rings is 1. The molecule has 1 aliphatic carbocycles. The van der Waals surface area contributed by atoms with Gasteiger partial charge in [-0.25, -0.2) is 9.97 Å². The molecule has 7 nitrogen and oxygen atoms in total. The molecule has 8 heteroatoms. The molecule has 2 aromatic heterocycles. The van der Waals surface area contributed by atoms with Crippen LogP contribution in [0.3, 0.4) is 0 Å². The highest BCUT2D eigenvalue weighted by molar-refractivity contribution is 7.09. The van der Waals surface area contributed by atoms with Crippen molar-refractivity contribution in [3.8, 4) is 17.0 Å². The minimum atomic E-state index is -0.250. The van der Waals surface area contributed by atoms with Gasteiger partial charge < -0.3 is 14.7 Å². The molecule has 2 unspecified atom stereocenters. The highest BCUT2D eigenvalue weighted by Gasteiger charge is 2.41. The number of carboxylic acid groups (broad SMARTS) is 1. The van der Waals surface area contributed by atoms with E-state index in [1.807, 2.05) is 0 Å². The zero-order valence-electron chi connectivity index (χ0n) is 24.3. The van der Waals surface area contributed by atoms with Crippen molar-refractivity contribution in [2.24, 2.45) is 11.8 Å². The Hall–Kier alpha value is -3.75. The Bertz CT molecular complexity index is 1550. The molecule has 0 bridgehead atoms. The molecule has 0 amide bonds. The van der Waals surface area contributed by atoms with E-state index in [0.717, 1.165) is 79.5 Å². The largest absolute Gasteiger partial charge is 0.488 e. The van der Waals surface area contributed by atoms with Crippen molar-refractivity contribution in [2.75, 3.05) is 24.5 Å². The summed E-state index contributed by atoms with van der Waals surface area (Å²) in [6.07, 6.45) is 3.78. The van der Waals surface area contributed by atoms with E-state index in [4.69, 9.17) is 19.6 Å². The maximum Gasteiger partial charge on any atom is 0.290 e. The smallest absolute Gasteiger partial charge is 0.290 e. The van der Waals surface area contributed by atoms with Gasteiger partial charge in [0.2, 0.25) is 0 Å². The second-order valence-electron chi connectivity index (χ2n) is 11.6. The fourth-order valence-electron chi connectivity index (χ4n) is 6.41. The number of rotatable bonds is 7. The summed E-state index contributed by atoms with van der Waals surface area (Å²) in [5.41, 5.74) is 8.73. The number of aromatic nitrogens is 2. The summed E-state index contributed by atoms with van der Waals surface area (Å²) in [5, 5.41) is 10.2. The summed E-state index contributed by atoms with van der Waals surface area (Å²) in [6, 6.07) is 19.3. The summed E-state index contributed by atoms with van der Waals surface area (Å²) in [5.74, 6) is 3.84. The van der Waals surface area contributed by atoms with Gasteiger partial charge in [0.25, 0.3) is 6.47 Å². The van der Waals surface area contributed by atoms with Gasteiger partial charge in [-0.2, -0.15) is 0 Å². The molecule has 7 rings (SSSR count). The Labute approximate surface area is 251 Å². The first kappa shape index (κ1) is 28.4. The zero-order chi connectivity index (χ0) is 29.1. The first-order valence-electron chi connectivity index (χ1n) is 14.8. The molecule has 218 valence electrons. The van der Waals surface area contributed by atoms with Crippen LogP contribution in [-0.4, -0.2) is 46.1 Å². The van der Waals surface area contributed by atoms with E-state index in [-0.39, 0.29) is 6.47 Å². The van der Waals surface area contributed by atoms with Gasteiger partial charge in [0.05, 0.1) is 12.2 Å². The lowest BCUT2D eigenvalue weighted by molar-refractivity contribution is -0.122. The van der Waals surface area contributed by atoms with Gasteiger partial charge >= 0.3 is 0 Å².